The quantitative estimate of drug-likeness (QED) is 0.580. The van der Waals surface area contributed by atoms with E-state index in [-0.39, 0.29) is 11.5 Å². The highest BCUT2D eigenvalue weighted by Crippen LogP contribution is 2.14. The Morgan fingerprint density at radius 2 is 1.52 bits per heavy atom. The van der Waals surface area contributed by atoms with E-state index in [0.717, 1.165) is 0 Å². The number of esters is 1. The van der Waals surface area contributed by atoms with Crippen molar-refractivity contribution in [1.29, 1.82) is 0 Å². The van der Waals surface area contributed by atoms with Gasteiger partial charge in [0.15, 0.2) is 0 Å². The number of rotatable bonds is 4. The standard InChI is InChI=1S/C22H29N3O6/c1-15(19(27)23-17-8-6-16(7-9-17)20(28)30-5)14-18(26)24-10-12-25(13-11-24)21(29)31-22(2,3)4/h6-9,14H,10-13H2,1-5H3,(H,23,27)/b15-14+. The van der Waals surface area contributed by atoms with Crippen molar-refractivity contribution in [2.75, 3.05) is 38.6 Å². The molecule has 9 heteroatoms. The van der Waals surface area contributed by atoms with Crippen LogP contribution in [-0.4, -0.2) is 72.6 Å². The Bertz CT molecular complexity index is 862. The van der Waals surface area contributed by atoms with Gasteiger partial charge in [-0.1, -0.05) is 0 Å². The number of hydrogen-bond acceptors (Lipinski definition) is 6. The predicted octanol–water partition coefficient (Wildman–Crippen LogP) is 2.44. The van der Waals surface area contributed by atoms with E-state index in [1.54, 1.807) is 49.6 Å². The average Bonchev–Trinajstić information content (AvgIpc) is 2.72. The van der Waals surface area contributed by atoms with E-state index in [1.165, 1.54) is 25.3 Å². The van der Waals surface area contributed by atoms with E-state index >= 15 is 0 Å². The molecule has 31 heavy (non-hydrogen) atoms. The minimum Gasteiger partial charge on any atom is -0.465 e. The second-order valence-electron chi connectivity index (χ2n) is 8.14. The zero-order chi connectivity index (χ0) is 23.2. The third-order valence-corrected chi connectivity index (χ3v) is 4.51. The van der Waals surface area contributed by atoms with Crippen LogP contribution in [0.4, 0.5) is 10.5 Å². The molecule has 9 nitrogen and oxygen atoms in total. The third kappa shape index (κ3) is 7.13. The lowest BCUT2D eigenvalue weighted by Gasteiger charge is -2.35. The van der Waals surface area contributed by atoms with Gasteiger partial charge in [0.2, 0.25) is 5.91 Å². The van der Waals surface area contributed by atoms with Crippen molar-refractivity contribution in [2.24, 2.45) is 0 Å². The fourth-order valence-corrected chi connectivity index (χ4v) is 2.82. The lowest BCUT2D eigenvalue weighted by atomic mass is 10.2. The molecule has 0 aliphatic carbocycles. The van der Waals surface area contributed by atoms with E-state index < -0.39 is 23.6 Å². The summed E-state index contributed by atoms with van der Waals surface area (Å²) in [6, 6.07) is 6.23. The molecule has 0 saturated carbocycles. The van der Waals surface area contributed by atoms with Crippen molar-refractivity contribution in [3.63, 3.8) is 0 Å². The van der Waals surface area contributed by atoms with Gasteiger partial charge in [-0.25, -0.2) is 9.59 Å². The van der Waals surface area contributed by atoms with Crippen LogP contribution in [0.3, 0.4) is 0 Å². The van der Waals surface area contributed by atoms with Gasteiger partial charge in [-0.15, -0.1) is 0 Å². The number of methoxy groups -OCH3 is 1. The molecule has 1 N–H and O–H groups in total. The molecule has 1 aromatic carbocycles. The molecule has 0 spiro atoms. The first-order valence-electron chi connectivity index (χ1n) is 9.95. The molecule has 2 rings (SSSR count). The topological polar surface area (TPSA) is 105 Å². The van der Waals surface area contributed by atoms with Crippen molar-refractivity contribution in [3.05, 3.63) is 41.5 Å². The van der Waals surface area contributed by atoms with Gasteiger partial charge < -0.3 is 24.6 Å². The van der Waals surface area contributed by atoms with Gasteiger partial charge in [0.25, 0.3) is 5.91 Å². The lowest BCUT2D eigenvalue weighted by Crippen LogP contribution is -2.51. The Balaban J connectivity index is 1.89. The molecule has 1 aliphatic rings. The maximum absolute atomic E-state index is 12.5. The summed E-state index contributed by atoms with van der Waals surface area (Å²) in [4.78, 5) is 51.6. The molecular weight excluding hydrogens is 402 g/mol. The van der Waals surface area contributed by atoms with Crippen molar-refractivity contribution >= 4 is 29.6 Å². The molecule has 0 radical (unpaired) electrons. The summed E-state index contributed by atoms with van der Waals surface area (Å²) in [6.45, 7) is 8.41. The van der Waals surface area contributed by atoms with Crippen LogP contribution < -0.4 is 5.32 Å². The van der Waals surface area contributed by atoms with Crippen LogP contribution in [0.2, 0.25) is 0 Å². The first kappa shape index (κ1) is 23.9. The number of carbonyl (C=O) groups is 4. The summed E-state index contributed by atoms with van der Waals surface area (Å²) in [6.07, 6.45) is 0.880. The van der Waals surface area contributed by atoms with Crippen LogP contribution in [-0.2, 0) is 19.1 Å². The van der Waals surface area contributed by atoms with Crippen molar-refractivity contribution < 1.29 is 28.7 Å². The van der Waals surface area contributed by atoms with Crippen LogP contribution in [0.1, 0.15) is 38.1 Å². The zero-order valence-corrected chi connectivity index (χ0v) is 18.6. The molecule has 1 saturated heterocycles. The zero-order valence-electron chi connectivity index (χ0n) is 18.6. The van der Waals surface area contributed by atoms with Crippen molar-refractivity contribution in [3.8, 4) is 0 Å². The molecule has 1 fully saturated rings. The highest BCUT2D eigenvalue weighted by atomic mass is 16.6. The Kier molecular flexibility index (Phi) is 7.79. The maximum atomic E-state index is 12.5. The molecule has 0 atom stereocenters. The van der Waals surface area contributed by atoms with Gasteiger partial charge in [0, 0.05) is 43.5 Å². The summed E-state index contributed by atoms with van der Waals surface area (Å²) in [7, 11) is 1.29. The Labute approximate surface area is 182 Å². The summed E-state index contributed by atoms with van der Waals surface area (Å²) >= 11 is 0. The monoisotopic (exact) mass is 431 g/mol. The van der Waals surface area contributed by atoms with Gasteiger partial charge >= 0.3 is 12.1 Å². The first-order chi connectivity index (χ1) is 14.5. The van der Waals surface area contributed by atoms with Crippen LogP contribution >= 0.6 is 0 Å². The number of nitrogens with zero attached hydrogens (tertiary/aromatic N) is 2. The van der Waals surface area contributed by atoms with Gasteiger partial charge in [0.1, 0.15) is 5.60 Å². The molecule has 0 aromatic heterocycles. The Hall–Kier alpha value is -3.36. The van der Waals surface area contributed by atoms with Crippen LogP contribution in [0, 0.1) is 0 Å². The van der Waals surface area contributed by atoms with Crippen LogP contribution in [0.15, 0.2) is 35.9 Å². The largest absolute Gasteiger partial charge is 0.465 e. The number of piperazine rings is 1. The number of nitrogens with one attached hydrogen (secondary N) is 1. The number of carbonyl (C=O) groups excluding carboxylic acids is 4. The SMILES string of the molecule is COC(=O)c1ccc(NC(=O)/C(C)=C/C(=O)N2CCN(C(=O)OC(C)(C)C)CC2)cc1. The molecule has 1 heterocycles. The third-order valence-electron chi connectivity index (χ3n) is 4.51. The fourth-order valence-electron chi connectivity index (χ4n) is 2.82. The highest BCUT2D eigenvalue weighted by Gasteiger charge is 2.27. The van der Waals surface area contributed by atoms with E-state index in [1.807, 2.05) is 0 Å². The summed E-state index contributed by atoms with van der Waals surface area (Å²) in [5.41, 5.74) is 0.533. The molecule has 0 unspecified atom stereocenters. The number of amides is 3. The molecule has 168 valence electrons. The maximum Gasteiger partial charge on any atom is 0.410 e. The number of benzene rings is 1. The van der Waals surface area contributed by atoms with Gasteiger partial charge in [-0.05, 0) is 52.0 Å². The van der Waals surface area contributed by atoms with E-state index in [2.05, 4.69) is 10.1 Å². The van der Waals surface area contributed by atoms with Crippen molar-refractivity contribution in [2.45, 2.75) is 33.3 Å². The smallest absolute Gasteiger partial charge is 0.410 e. The minimum atomic E-state index is -0.573. The van der Waals surface area contributed by atoms with E-state index in [9.17, 15) is 19.2 Å². The number of ether oxygens (including phenoxy) is 2. The molecule has 3 amide bonds. The number of anilines is 1. The summed E-state index contributed by atoms with van der Waals surface area (Å²) < 4.78 is 9.98. The summed E-state index contributed by atoms with van der Waals surface area (Å²) in [5.74, 6) is -1.18. The van der Waals surface area contributed by atoms with Crippen molar-refractivity contribution in [1.82, 2.24) is 9.80 Å². The average molecular weight is 431 g/mol. The Morgan fingerprint density at radius 1 is 0.968 bits per heavy atom. The fraction of sp³-hybridized carbons (Fsp3) is 0.455. The van der Waals surface area contributed by atoms with Crippen LogP contribution in [0.25, 0.3) is 0 Å². The normalized spacial score (nSPS) is 14.7. The minimum absolute atomic E-state index is 0.247. The molecule has 1 aliphatic heterocycles. The second-order valence-corrected chi connectivity index (χ2v) is 8.14. The summed E-state index contributed by atoms with van der Waals surface area (Å²) in [5, 5.41) is 2.68. The van der Waals surface area contributed by atoms with Crippen LogP contribution in [0.5, 0.6) is 0 Å². The first-order valence-corrected chi connectivity index (χ1v) is 9.95. The molecule has 1 aromatic rings. The highest BCUT2D eigenvalue weighted by molar-refractivity contribution is 6.07. The lowest BCUT2D eigenvalue weighted by molar-refractivity contribution is -0.128. The predicted molar refractivity (Wildman–Crippen MR) is 115 cm³/mol. The van der Waals surface area contributed by atoms with Gasteiger partial charge in [0.05, 0.1) is 12.7 Å². The Morgan fingerprint density at radius 3 is 2.03 bits per heavy atom. The molecular formula is C22H29N3O6. The van der Waals surface area contributed by atoms with Gasteiger partial charge in [-0.3, -0.25) is 9.59 Å². The van der Waals surface area contributed by atoms with E-state index in [0.29, 0.717) is 37.4 Å². The van der Waals surface area contributed by atoms with Gasteiger partial charge in [-0.2, -0.15) is 0 Å². The second kappa shape index (κ2) is 10.1. The number of hydrogen-bond donors (Lipinski definition) is 1. The van der Waals surface area contributed by atoms with E-state index in [4.69, 9.17) is 4.74 Å². The molecule has 0 bridgehead atoms.